The maximum Gasteiger partial charge on any atom is 0.0700 e. The topological polar surface area (TPSA) is 26.7 Å². The minimum atomic E-state index is -0.103. The van der Waals surface area contributed by atoms with Crippen LogP contribution in [0.5, 0.6) is 0 Å². The summed E-state index contributed by atoms with van der Waals surface area (Å²) < 4.78 is 0. The monoisotopic (exact) mass is 266 g/mol. The molecule has 2 aliphatic carbocycles. The van der Waals surface area contributed by atoms with Gasteiger partial charge < -0.3 is 10.0 Å². The van der Waals surface area contributed by atoms with E-state index in [9.17, 15) is 5.11 Å². The van der Waals surface area contributed by atoms with E-state index in [4.69, 9.17) is 0 Å². The van der Waals surface area contributed by atoms with Crippen molar-refractivity contribution < 1.29 is 5.11 Å². The fourth-order valence-electron chi connectivity index (χ4n) is 4.31. The van der Waals surface area contributed by atoms with Crippen LogP contribution < -0.4 is 0 Å². The van der Waals surface area contributed by atoms with Crippen LogP contribution in [0.15, 0.2) is 0 Å². The van der Waals surface area contributed by atoms with Crippen LogP contribution in [-0.4, -0.2) is 59.8 Å². The van der Waals surface area contributed by atoms with Crippen molar-refractivity contribution in [1.82, 2.24) is 9.80 Å². The van der Waals surface area contributed by atoms with Crippen LogP contribution in [0, 0.1) is 17.8 Å². The number of hydrogen-bond donors (Lipinski definition) is 1. The van der Waals surface area contributed by atoms with Crippen molar-refractivity contribution in [3.8, 4) is 0 Å². The number of nitrogens with zero attached hydrogens (tertiary/aromatic N) is 2. The Balaban J connectivity index is 1.51. The quantitative estimate of drug-likeness (QED) is 0.844. The van der Waals surface area contributed by atoms with Crippen LogP contribution in [0.4, 0.5) is 0 Å². The molecule has 3 rings (SSSR count). The zero-order valence-corrected chi connectivity index (χ0v) is 12.6. The van der Waals surface area contributed by atoms with Crippen LogP contribution in [0.3, 0.4) is 0 Å². The second kappa shape index (κ2) is 5.71. The van der Waals surface area contributed by atoms with Crippen molar-refractivity contribution in [2.75, 3.05) is 32.7 Å². The zero-order valence-electron chi connectivity index (χ0n) is 12.6. The molecule has 3 nitrogen and oxygen atoms in total. The number of aliphatic hydroxyl groups is 1. The predicted molar refractivity (Wildman–Crippen MR) is 78.1 cm³/mol. The second-order valence-corrected chi connectivity index (χ2v) is 7.39. The Bertz CT molecular complexity index is 285. The molecule has 1 N–H and O–H groups in total. The highest BCUT2D eigenvalue weighted by Crippen LogP contribution is 2.33. The fraction of sp³-hybridized carbons (Fsp3) is 1.00. The molecule has 1 aliphatic heterocycles. The first-order chi connectivity index (χ1) is 9.13. The van der Waals surface area contributed by atoms with E-state index in [0.29, 0.717) is 17.9 Å². The van der Waals surface area contributed by atoms with Gasteiger partial charge in [0.15, 0.2) is 0 Å². The van der Waals surface area contributed by atoms with Crippen molar-refractivity contribution in [2.24, 2.45) is 17.8 Å². The average Bonchev–Trinajstić information content (AvgIpc) is 3.14. The summed E-state index contributed by atoms with van der Waals surface area (Å²) in [5.74, 6) is 2.35. The van der Waals surface area contributed by atoms with Crippen molar-refractivity contribution >= 4 is 0 Å². The smallest absolute Gasteiger partial charge is 0.0700 e. The molecule has 3 heteroatoms. The van der Waals surface area contributed by atoms with Crippen LogP contribution in [0.25, 0.3) is 0 Å². The van der Waals surface area contributed by atoms with Gasteiger partial charge in [-0.05, 0) is 43.4 Å². The first-order valence-corrected chi connectivity index (χ1v) is 8.28. The maximum atomic E-state index is 10.4. The molecule has 0 amide bonds. The van der Waals surface area contributed by atoms with E-state index < -0.39 is 0 Å². The lowest BCUT2D eigenvalue weighted by Crippen LogP contribution is -2.57. The molecule has 19 heavy (non-hydrogen) atoms. The minimum absolute atomic E-state index is 0.103. The van der Waals surface area contributed by atoms with E-state index in [2.05, 4.69) is 23.6 Å². The van der Waals surface area contributed by atoms with E-state index in [-0.39, 0.29) is 6.10 Å². The van der Waals surface area contributed by atoms with Crippen LogP contribution >= 0.6 is 0 Å². The van der Waals surface area contributed by atoms with Gasteiger partial charge in [0, 0.05) is 38.8 Å². The van der Waals surface area contributed by atoms with E-state index in [1.807, 2.05) is 0 Å². The van der Waals surface area contributed by atoms with Gasteiger partial charge >= 0.3 is 0 Å². The molecule has 0 aromatic rings. The van der Waals surface area contributed by atoms with Gasteiger partial charge in [0.25, 0.3) is 0 Å². The lowest BCUT2D eigenvalue weighted by Gasteiger charge is -2.46. The van der Waals surface area contributed by atoms with Gasteiger partial charge in [-0.1, -0.05) is 13.8 Å². The highest BCUT2D eigenvalue weighted by molar-refractivity contribution is 4.92. The Hall–Kier alpha value is -0.120. The summed E-state index contributed by atoms with van der Waals surface area (Å²) in [6.07, 6.45) is 5.09. The molecule has 1 heterocycles. The Morgan fingerprint density at radius 3 is 2.26 bits per heavy atom. The lowest BCUT2D eigenvalue weighted by molar-refractivity contribution is -0.0413. The molecule has 2 saturated carbocycles. The van der Waals surface area contributed by atoms with Crippen molar-refractivity contribution in [3.05, 3.63) is 0 Å². The van der Waals surface area contributed by atoms with Gasteiger partial charge in [0.1, 0.15) is 0 Å². The number of rotatable bonds is 3. The number of hydrogen-bond acceptors (Lipinski definition) is 3. The van der Waals surface area contributed by atoms with Gasteiger partial charge in [-0.2, -0.15) is 0 Å². The lowest BCUT2D eigenvalue weighted by atomic mass is 9.77. The summed E-state index contributed by atoms with van der Waals surface area (Å²) in [6, 6.07) is 0.416. The molecular weight excluding hydrogens is 236 g/mol. The Morgan fingerprint density at radius 1 is 1.00 bits per heavy atom. The minimum Gasteiger partial charge on any atom is -0.391 e. The normalized spacial score (nSPS) is 42.5. The summed E-state index contributed by atoms with van der Waals surface area (Å²) in [5.41, 5.74) is 0. The fourth-order valence-corrected chi connectivity index (χ4v) is 4.31. The Labute approximate surface area is 118 Å². The molecule has 0 bridgehead atoms. The molecule has 3 aliphatic rings. The van der Waals surface area contributed by atoms with Gasteiger partial charge in [0.05, 0.1) is 6.10 Å². The van der Waals surface area contributed by atoms with Gasteiger partial charge in [-0.25, -0.2) is 0 Å². The molecule has 0 aromatic carbocycles. The Morgan fingerprint density at radius 2 is 1.68 bits per heavy atom. The third-order valence-electron chi connectivity index (χ3n) is 5.44. The number of aliphatic hydroxyl groups excluding tert-OH is 1. The van der Waals surface area contributed by atoms with Crippen molar-refractivity contribution in [3.63, 3.8) is 0 Å². The molecule has 1 saturated heterocycles. The average molecular weight is 266 g/mol. The summed E-state index contributed by atoms with van der Waals surface area (Å²) >= 11 is 0. The summed E-state index contributed by atoms with van der Waals surface area (Å²) in [4.78, 5) is 5.21. The molecule has 3 fully saturated rings. The second-order valence-electron chi connectivity index (χ2n) is 7.39. The summed E-state index contributed by atoms with van der Waals surface area (Å²) in [7, 11) is 0. The maximum absolute atomic E-state index is 10.4. The first kappa shape index (κ1) is 13.8. The molecule has 4 atom stereocenters. The third-order valence-corrected chi connectivity index (χ3v) is 5.44. The van der Waals surface area contributed by atoms with Crippen LogP contribution in [0.2, 0.25) is 0 Å². The standard InChI is InChI=1S/C16H30N2O/c1-12-9-13(2)16(15(19)10-12)18-7-5-17(6-8-18)11-14-3-4-14/h12-16,19H,3-11H2,1-2H3. The largest absolute Gasteiger partial charge is 0.391 e. The SMILES string of the molecule is CC1CC(C)C(N2CCN(CC3CC3)CC2)C(O)C1. The molecule has 4 unspecified atom stereocenters. The number of piperazine rings is 1. The van der Waals surface area contributed by atoms with E-state index in [1.54, 1.807) is 0 Å². The van der Waals surface area contributed by atoms with Gasteiger partial charge in [-0.3, -0.25) is 4.90 Å². The molecule has 110 valence electrons. The zero-order chi connectivity index (χ0) is 13.4. The highest BCUT2D eigenvalue weighted by atomic mass is 16.3. The van der Waals surface area contributed by atoms with E-state index in [0.717, 1.165) is 25.4 Å². The molecule has 0 spiro atoms. The van der Waals surface area contributed by atoms with Crippen molar-refractivity contribution in [2.45, 2.75) is 51.7 Å². The predicted octanol–water partition coefficient (Wildman–Crippen LogP) is 1.81. The molecular formula is C16H30N2O. The van der Waals surface area contributed by atoms with Gasteiger partial charge in [-0.15, -0.1) is 0 Å². The summed E-state index contributed by atoms with van der Waals surface area (Å²) in [5, 5.41) is 10.4. The van der Waals surface area contributed by atoms with Gasteiger partial charge in [0.2, 0.25) is 0 Å². The molecule has 0 aromatic heterocycles. The molecule has 0 radical (unpaired) electrons. The Kier molecular flexibility index (Phi) is 4.16. The van der Waals surface area contributed by atoms with Crippen LogP contribution in [-0.2, 0) is 0 Å². The summed E-state index contributed by atoms with van der Waals surface area (Å²) in [6.45, 7) is 10.7. The first-order valence-electron chi connectivity index (χ1n) is 8.28. The van der Waals surface area contributed by atoms with Crippen molar-refractivity contribution in [1.29, 1.82) is 0 Å². The van der Waals surface area contributed by atoms with E-state index in [1.165, 1.54) is 38.9 Å². The third kappa shape index (κ3) is 3.32. The highest BCUT2D eigenvalue weighted by Gasteiger charge is 2.38. The van der Waals surface area contributed by atoms with E-state index >= 15 is 0 Å². The van der Waals surface area contributed by atoms with Crippen LogP contribution in [0.1, 0.15) is 39.5 Å².